The lowest BCUT2D eigenvalue weighted by Gasteiger charge is -2.16. The van der Waals surface area contributed by atoms with Crippen molar-refractivity contribution < 1.29 is 17.9 Å². The quantitative estimate of drug-likeness (QED) is 0.369. The van der Waals surface area contributed by atoms with E-state index in [-0.39, 0.29) is 34.0 Å². The summed E-state index contributed by atoms with van der Waals surface area (Å²) in [7, 11) is 0. The molecule has 178 valence electrons. The smallest absolute Gasteiger partial charge is 0.417 e. The molecule has 3 aromatic heterocycles. The summed E-state index contributed by atoms with van der Waals surface area (Å²) in [5, 5.41) is 17.9. The van der Waals surface area contributed by atoms with E-state index in [1.165, 1.54) is 18.2 Å². The number of rotatable bonds is 8. The number of alkyl halides is 3. The van der Waals surface area contributed by atoms with Crippen LogP contribution >= 0.6 is 0 Å². The molecule has 12 heteroatoms. The number of nitrogens with zero attached hydrogens (tertiary/aromatic N) is 5. The summed E-state index contributed by atoms with van der Waals surface area (Å²) in [5.74, 6) is 0.113. The van der Waals surface area contributed by atoms with E-state index >= 15 is 0 Å². The summed E-state index contributed by atoms with van der Waals surface area (Å²) >= 11 is 0. The van der Waals surface area contributed by atoms with Crippen molar-refractivity contribution >= 4 is 0 Å². The number of aryl methyl sites for hydroxylation is 1. The maximum Gasteiger partial charge on any atom is 0.417 e. The lowest BCUT2D eigenvalue weighted by atomic mass is 9.98. The van der Waals surface area contributed by atoms with Crippen LogP contribution in [-0.2, 0) is 12.7 Å². The highest BCUT2D eigenvalue weighted by molar-refractivity contribution is 5.82. The van der Waals surface area contributed by atoms with Crippen LogP contribution in [-0.4, -0.2) is 42.0 Å². The molecular formula is C22H22F3N7O2. The molecule has 0 aliphatic heterocycles. The van der Waals surface area contributed by atoms with Crippen molar-refractivity contribution in [3.05, 3.63) is 52.4 Å². The van der Waals surface area contributed by atoms with E-state index in [4.69, 9.17) is 4.74 Å². The second-order valence-corrected chi connectivity index (χ2v) is 7.50. The van der Waals surface area contributed by atoms with Gasteiger partial charge in [-0.05, 0) is 48.9 Å². The van der Waals surface area contributed by atoms with Gasteiger partial charge < -0.3 is 9.72 Å². The van der Waals surface area contributed by atoms with Gasteiger partial charge in [0.15, 0.2) is 0 Å². The molecule has 0 unspecified atom stereocenters. The van der Waals surface area contributed by atoms with Crippen LogP contribution in [0.5, 0.6) is 5.75 Å². The van der Waals surface area contributed by atoms with E-state index in [1.807, 2.05) is 13.8 Å². The zero-order chi connectivity index (χ0) is 24.3. The van der Waals surface area contributed by atoms with Gasteiger partial charge in [-0.3, -0.25) is 9.48 Å². The number of unbranched alkanes of at least 4 members (excludes halogenated alkanes) is 1. The van der Waals surface area contributed by atoms with Gasteiger partial charge in [-0.15, -0.1) is 10.2 Å². The number of tetrazole rings is 1. The highest BCUT2D eigenvalue weighted by atomic mass is 19.4. The molecule has 0 saturated carbocycles. The van der Waals surface area contributed by atoms with E-state index in [2.05, 4.69) is 30.7 Å². The molecule has 0 bridgehead atoms. The molecule has 0 aliphatic carbocycles. The summed E-state index contributed by atoms with van der Waals surface area (Å²) in [6.45, 7) is 4.74. The lowest BCUT2D eigenvalue weighted by Crippen LogP contribution is -2.15. The zero-order valence-corrected chi connectivity index (χ0v) is 18.5. The second kappa shape index (κ2) is 9.49. The molecular weight excluding hydrogens is 451 g/mol. The van der Waals surface area contributed by atoms with E-state index in [0.717, 1.165) is 18.9 Å². The standard InChI is InChI=1S/C22H22F3N7O2/c1-3-5-10-34-13-6-7-14(16(11-13)22(23,24)25)18-12-15(17-8-9-32(4-2)29-17)19(21(33)26-18)20-27-30-31-28-20/h6-9,11-12H,3-5,10H2,1-2H3,(H,26,33)(H,27,28,30,31). The van der Waals surface area contributed by atoms with Gasteiger partial charge in [-0.2, -0.15) is 23.5 Å². The van der Waals surface area contributed by atoms with Crippen molar-refractivity contribution in [1.29, 1.82) is 0 Å². The highest BCUT2D eigenvalue weighted by Gasteiger charge is 2.35. The number of aromatic nitrogens is 7. The SMILES string of the molecule is CCCCOc1ccc(-c2cc(-c3ccn(CC)n3)c(-c3nn[nH]n3)c(=O)[nH]2)c(C(F)(F)F)c1. The summed E-state index contributed by atoms with van der Waals surface area (Å²) in [6.07, 6.45) is -1.39. The lowest BCUT2D eigenvalue weighted by molar-refractivity contribution is -0.137. The second-order valence-electron chi connectivity index (χ2n) is 7.50. The van der Waals surface area contributed by atoms with E-state index < -0.39 is 17.3 Å². The average molecular weight is 473 g/mol. The molecule has 0 fully saturated rings. The first-order valence-electron chi connectivity index (χ1n) is 10.7. The molecule has 1 aromatic carbocycles. The number of ether oxygens (including phenoxy) is 1. The van der Waals surface area contributed by atoms with Gasteiger partial charge in [0.2, 0.25) is 5.82 Å². The Hall–Kier alpha value is -3.96. The number of aromatic amines is 2. The van der Waals surface area contributed by atoms with Crippen LogP contribution < -0.4 is 10.3 Å². The summed E-state index contributed by atoms with van der Waals surface area (Å²) in [5.41, 5.74) is -1.09. The van der Waals surface area contributed by atoms with Crippen molar-refractivity contribution in [2.45, 2.75) is 39.4 Å². The number of pyridine rings is 1. The van der Waals surface area contributed by atoms with E-state index in [9.17, 15) is 18.0 Å². The normalized spacial score (nSPS) is 11.7. The van der Waals surface area contributed by atoms with Gasteiger partial charge in [0.1, 0.15) is 5.75 Å². The van der Waals surface area contributed by atoms with Crippen molar-refractivity contribution in [2.75, 3.05) is 6.61 Å². The van der Waals surface area contributed by atoms with Crippen LogP contribution in [0.4, 0.5) is 13.2 Å². The Morgan fingerprint density at radius 2 is 1.94 bits per heavy atom. The summed E-state index contributed by atoms with van der Waals surface area (Å²) in [6, 6.07) is 6.80. The number of hydrogen-bond donors (Lipinski definition) is 2. The third kappa shape index (κ3) is 4.70. The van der Waals surface area contributed by atoms with Crippen LogP contribution in [0.2, 0.25) is 0 Å². The molecule has 0 saturated heterocycles. The fraction of sp³-hybridized carbons (Fsp3) is 0.318. The van der Waals surface area contributed by atoms with Crippen LogP contribution in [0.25, 0.3) is 33.9 Å². The number of benzene rings is 1. The third-order valence-corrected chi connectivity index (χ3v) is 5.20. The zero-order valence-electron chi connectivity index (χ0n) is 18.5. The van der Waals surface area contributed by atoms with Crippen LogP contribution in [0, 0.1) is 0 Å². The van der Waals surface area contributed by atoms with Crippen molar-refractivity contribution in [3.8, 4) is 39.7 Å². The van der Waals surface area contributed by atoms with Gasteiger partial charge in [0.05, 0.1) is 23.4 Å². The predicted molar refractivity (Wildman–Crippen MR) is 118 cm³/mol. The van der Waals surface area contributed by atoms with Gasteiger partial charge in [0, 0.05) is 29.6 Å². The fourth-order valence-corrected chi connectivity index (χ4v) is 3.49. The van der Waals surface area contributed by atoms with Gasteiger partial charge >= 0.3 is 6.18 Å². The molecule has 4 rings (SSSR count). The highest BCUT2D eigenvalue weighted by Crippen LogP contribution is 2.40. The van der Waals surface area contributed by atoms with E-state index in [1.54, 1.807) is 16.9 Å². The predicted octanol–water partition coefficient (Wildman–Crippen LogP) is 4.30. The molecule has 0 spiro atoms. The molecule has 0 atom stereocenters. The Labute approximate surface area is 192 Å². The number of hydrogen-bond acceptors (Lipinski definition) is 6. The topological polar surface area (TPSA) is 114 Å². The van der Waals surface area contributed by atoms with Crippen LogP contribution in [0.3, 0.4) is 0 Å². The first kappa shape index (κ1) is 23.2. The number of halogens is 3. The Morgan fingerprint density at radius 1 is 1.12 bits per heavy atom. The average Bonchev–Trinajstić information content (AvgIpc) is 3.50. The maximum absolute atomic E-state index is 14.0. The Morgan fingerprint density at radius 3 is 2.59 bits per heavy atom. The largest absolute Gasteiger partial charge is 0.494 e. The molecule has 0 aliphatic rings. The van der Waals surface area contributed by atoms with Gasteiger partial charge in [-0.1, -0.05) is 13.3 Å². The minimum absolute atomic E-state index is 0.00423. The monoisotopic (exact) mass is 473 g/mol. The minimum atomic E-state index is -4.67. The molecule has 9 nitrogen and oxygen atoms in total. The van der Waals surface area contributed by atoms with Crippen molar-refractivity contribution in [2.24, 2.45) is 0 Å². The van der Waals surface area contributed by atoms with E-state index in [0.29, 0.717) is 18.8 Å². The van der Waals surface area contributed by atoms with Gasteiger partial charge in [0.25, 0.3) is 5.56 Å². The summed E-state index contributed by atoms with van der Waals surface area (Å²) < 4.78 is 49.0. The first-order chi connectivity index (χ1) is 16.3. The molecule has 3 heterocycles. The molecule has 4 aromatic rings. The molecule has 0 radical (unpaired) electrons. The van der Waals surface area contributed by atoms with Crippen LogP contribution in [0.1, 0.15) is 32.3 Å². The summed E-state index contributed by atoms with van der Waals surface area (Å²) in [4.78, 5) is 15.6. The maximum atomic E-state index is 14.0. The number of H-pyrrole nitrogens is 2. The molecule has 34 heavy (non-hydrogen) atoms. The fourth-order valence-electron chi connectivity index (χ4n) is 3.49. The first-order valence-corrected chi connectivity index (χ1v) is 10.7. The van der Waals surface area contributed by atoms with Gasteiger partial charge in [-0.25, -0.2) is 0 Å². The molecule has 2 N–H and O–H groups in total. The third-order valence-electron chi connectivity index (χ3n) is 5.20. The van der Waals surface area contributed by atoms with Crippen LogP contribution in [0.15, 0.2) is 41.3 Å². The minimum Gasteiger partial charge on any atom is -0.494 e. The van der Waals surface area contributed by atoms with Crippen molar-refractivity contribution in [3.63, 3.8) is 0 Å². The Kier molecular flexibility index (Phi) is 6.48. The number of nitrogens with one attached hydrogen (secondary N) is 2. The Balaban J connectivity index is 1.89. The molecule has 0 amide bonds. The Bertz CT molecular complexity index is 1330. The van der Waals surface area contributed by atoms with Crippen molar-refractivity contribution in [1.82, 2.24) is 35.4 Å².